The first-order valence-corrected chi connectivity index (χ1v) is 6.56. The molecule has 3 rings (SSSR count). The van der Waals surface area contributed by atoms with Gasteiger partial charge in [0.15, 0.2) is 5.76 Å². The number of aromatic nitrogens is 1. The standard InChI is InChI=1S/C15H17NO3/c1-7-5-6-16-11(7)8(2)10-12(16)13(17)9(3)15(19-4)14(10)18/h7H,5-6H2,1-4H3. The molecular weight excluding hydrogens is 242 g/mol. The van der Waals surface area contributed by atoms with Crippen molar-refractivity contribution in [1.29, 1.82) is 0 Å². The first-order chi connectivity index (χ1) is 8.99. The van der Waals surface area contributed by atoms with E-state index in [0.717, 1.165) is 24.2 Å². The highest BCUT2D eigenvalue weighted by Gasteiger charge is 2.39. The van der Waals surface area contributed by atoms with Crippen LogP contribution in [0.1, 0.15) is 58.3 Å². The van der Waals surface area contributed by atoms with Crippen molar-refractivity contribution in [1.82, 2.24) is 4.57 Å². The third-order valence-corrected chi connectivity index (χ3v) is 4.34. The van der Waals surface area contributed by atoms with E-state index in [1.54, 1.807) is 6.92 Å². The van der Waals surface area contributed by atoms with Crippen molar-refractivity contribution in [2.75, 3.05) is 7.11 Å². The number of ether oxygens (including phenoxy) is 1. The largest absolute Gasteiger partial charge is 0.492 e. The summed E-state index contributed by atoms with van der Waals surface area (Å²) in [4.78, 5) is 25.0. The zero-order valence-corrected chi connectivity index (χ0v) is 11.7. The summed E-state index contributed by atoms with van der Waals surface area (Å²) >= 11 is 0. The third kappa shape index (κ3) is 1.34. The van der Waals surface area contributed by atoms with Gasteiger partial charge >= 0.3 is 0 Å². The molecule has 100 valence electrons. The number of rotatable bonds is 1. The molecule has 0 radical (unpaired) electrons. The van der Waals surface area contributed by atoms with Crippen molar-refractivity contribution in [3.63, 3.8) is 0 Å². The maximum Gasteiger partial charge on any atom is 0.230 e. The molecule has 0 saturated carbocycles. The van der Waals surface area contributed by atoms with Gasteiger partial charge in [-0.15, -0.1) is 0 Å². The number of Topliss-reactive ketones (excluding diaryl/α,β-unsaturated/α-hetero) is 2. The third-order valence-electron chi connectivity index (χ3n) is 4.34. The molecule has 0 fully saturated rings. The van der Waals surface area contributed by atoms with E-state index in [0.29, 0.717) is 22.7 Å². The minimum absolute atomic E-state index is 0.0742. The Hall–Kier alpha value is -1.84. The average molecular weight is 259 g/mol. The normalized spacial score (nSPS) is 21.8. The molecule has 4 nitrogen and oxygen atoms in total. The van der Waals surface area contributed by atoms with Gasteiger partial charge in [-0.25, -0.2) is 0 Å². The summed E-state index contributed by atoms with van der Waals surface area (Å²) in [6, 6.07) is 0. The molecule has 1 atom stereocenters. The molecule has 2 heterocycles. The fraction of sp³-hybridized carbons (Fsp3) is 0.467. The van der Waals surface area contributed by atoms with Gasteiger partial charge in [-0.3, -0.25) is 9.59 Å². The molecule has 0 spiro atoms. The van der Waals surface area contributed by atoms with Crippen LogP contribution in [0.2, 0.25) is 0 Å². The van der Waals surface area contributed by atoms with Gasteiger partial charge in [0.25, 0.3) is 0 Å². The van der Waals surface area contributed by atoms with Crippen LogP contribution in [0.5, 0.6) is 0 Å². The number of carbonyl (C=O) groups is 2. The van der Waals surface area contributed by atoms with E-state index < -0.39 is 0 Å². The monoisotopic (exact) mass is 259 g/mol. The van der Waals surface area contributed by atoms with E-state index in [1.165, 1.54) is 7.11 Å². The van der Waals surface area contributed by atoms with E-state index >= 15 is 0 Å². The maximum absolute atomic E-state index is 12.5. The molecule has 1 aliphatic heterocycles. The van der Waals surface area contributed by atoms with Gasteiger partial charge in [0.2, 0.25) is 11.6 Å². The van der Waals surface area contributed by atoms with E-state index in [1.807, 2.05) is 11.5 Å². The molecule has 4 heteroatoms. The molecule has 1 aromatic heterocycles. The summed E-state index contributed by atoms with van der Waals surface area (Å²) in [6.07, 6.45) is 1.03. The summed E-state index contributed by atoms with van der Waals surface area (Å²) in [5.41, 5.74) is 3.62. The lowest BCUT2D eigenvalue weighted by Gasteiger charge is -2.17. The van der Waals surface area contributed by atoms with E-state index in [4.69, 9.17) is 4.74 Å². The topological polar surface area (TPSA) is 48.3 Å². The Bertz CT molecular complexity index is 649. The zero-order chi connectivity index (χ0) is 13.9. The van der Waals surface area contributed by atoms with Crippen molar-refractivity contribution >= 4 is 11.6 Å². The molecule has 0 bridgehead atoms. The van der Waals surface area contributed by atoms with Gasteiger partial charge in [-0.2, -0.15) is 0 Å². The minimum atomic E-state index is -0.152. The van der Waals surface area contributed by atoms with E-state index in [-0.39, 0.29) is 17.3 Å². The molecular formula is C15H17NO3. The first kappa shape index (κ1) is 12.2. The second-order valence-electron chi connectivity index (χ2n) is 5.39. The summed E-state index contributed by atoms with van der Waals surface area (Å²) in [7, 11) is 1.44. The molecule has 1 unspecified atom stereocenters. The maximum atomic E-state index is 12.5. The summed E-state index contributed by atoms with van der Waals surface area (Å²) in [6.45, 7) is 6.56. The highest BCUT2D eigenvalue weighted by molar-refractivity contribution is 6.26. The Labute approximate surface area is 112 Å². The SMILES string of the molecule is COC1=C(C)C(=O)c2c(c(C)c3n2CCC3C)C1=O. The Morgan fingerprint density at radius 2 is 1.89 bits per heavy atom. The number of fused-ring (bicyclic) bond motifs is 3. The first-order valence-electron chi connectivity index (χ1n) is 6.56. The van der Waals surface area contributed by atoms with Crippen LogP contribution in [0.25, 0.3) is 0 Å². The number of hydrogen-bond acceptors (Lipinski definition) is 3. The number of hydrogen-bond donors (Lipinski definition) is 0. The quantitative estimate of drug-likeness (QED) is 0.779. The molecule has 0 aromatic carbocycles. The van der Waals surface area contributed by atoms with Crippen LogP contribution in [-0.4, -0.2) is 23.2 Å². The van der Waals surface area contributed by atoms with Crippen molar-refractivity contribution in [2.45, 2.75) is 39.7 Å². The van der Waals surface area contributed by atoms with Gasteiger partial charge in [0.05, 0.1) is 12.7 Å². The lowest BCUT2D eigenvalue weighted by Crippen LogP contribution is -2.23. The summed E-state index contributed by atoms with van der Waals surface area (Å²) in [5, 5.41) is 0. The fourth-order valence-corrected chi connectivity index (χ4v) is 3.42. The fourth-order valence-electron chi connectivity index (χ4n) is 3.42. The lowest BCUT2D eigenvalue weighted by molar-refractivity contribution is 0.0902. The molecule has 1 aliphatic carbocycles. The molecule has 19 heavy (non-hydrogen) atoms. The van der Waals surface area contributed by atoms with Crippen LogP contribution in [0.3, 0.4) is 0 Å². The number of allylic oxidation sites excluding steroid dienone is 2. The molecule has 2 aliphatic rings. The van der Waals surface area contributed by atoms with E-state index in [2.05, 4.69) is 6.92 Å². The second kappa shape index (κ2) is 3.83. The van der Waals surface area contributed by atoms with Crippen molar-refractivity contribution in [3.8, 4) is 0 Å². The predicted octanol–water partition coefficient (Wildman–Crippen LogP) is 2.60. The number of ketones is 2. The van der Waals surface area contributed by atoms with Gasteiger partial charge in [0, 0.05) is 17.8 Å². The Kier molecular flexibility index (Phi) is 2.46. The van der Waals surface area contributed by atoms with Crippen molar-refractivity contribution in [2.24, 2.45) is 0 Å². The van der Waals surface area contributed by atoms with Gasteiger partial charge in [0.1, 0.15) is 5.69 Å². The molecule has 0 amide bonds. The van der Waals surface area contributed by atoms with Gasteiger partial charge < -0.3 is 9.30 Å². The summed E-state index contributed by atoms with van der Waals surface area (Å²) in [5.74, 6) is 0.367. The van der Waals surface area contributed by atoms with Crippen LogP contribution >= 0.6 is 0 Å². The number of nitrogens with zero attached hydrogens (tertiary/aromatic N) is 1. The molecule has 0 saturated heterocycles. The van der Waals surface area contributed by atoms with Crippen LogP contribution in [0.15, 0.2) is 11.3 Å². The predicted molar refractivity (Wildman–Crippen MR) is 70.6 cm³/mol. The van der Waals surface area contributed by atoms with Crippen molar-refractivity contribution in [3.05, 3.63) is 33.8 Å². The van der Waals surface area contributed by atoms with Crippen LogP contribution in [0.4, 0.5) is 0 Å². The summed E-state index contributed by atoms with van der Waals surface area (Å²) < 4.78 is 7.16. The Balaban J connectivity index is 2.32. The Morgan fingerprint density at radius 3 is 2.53 bits per heavy atom. The lowest BCUT2D eigenvalue weighted by atomic mass is 9.90. The smallest absolute Gasteiger partial charge is 0.230 e. The highest BCUT2D eigenvalue weighted by atomic mass is 16.5. The average Bonchev–Trinajstić information content (AvgIpc) is 2.88. The van der Waals surface area contributed by atoms with Crippen LogP contribution in [-0.2, 0) is 11.3 Å². The molecule has 1 aromatic rings. The Morgan fingerprint density at radius 1 is 1.21 bits per heavy atom. The number of carbonyl (C=O) groups excluding carboxylic acids is 2. The molecule has 0 N–H and O–H groups in total. The van der Waals surface area contributed by atoms with Crippen LogP contribution < -0.4 is 0 Å². The van der Waals surface area contributed by atoms with Gasteiger partial charge in [-0.05, 0) is 31.7 Å². The minimum Gasteiger partial charge on any atom is -0.492 e. The second-order valence-corrected chi connectivity index (χ2v) is 5.39. The van der Waals surface area contributed by atoms with Crippen molar-refractivity contribution < 1.29 is 14.3 Å². The van der Waals surface area contributed by atoms with Crippen LogP contribution in [0, 0.1) is 6.92 Å². The highest BCUT2D eigenvalue weighted by Crippen LogP contribution is 2.40. The number of methoxy groups -OCH3 is 1. The van der Waals surface area contributed by atoms with Gasteiger partial charge in [-0.1, -0.05) is 6.92 Å². The zero-order valence-electron chi connectivity index (χ0n) is 11.7. The van der Waals surface area contributed by atoms with E-state index in [9.17, 15) is 9.59 Å².